The molecule has 0 amide bonds. The summed E-state index contributed by atoms with van der Waals surface area (Å²) >= 11 is 3.40. The third kappa shape index (κ3) is 5.67. The van der Waals surface area contributed by atoms with Crippen LogP contribution in [0.3, 0.4) is 0 Å². The number of unbranched alkanes of at least 4 members (excludes halogenated alkanes) is 2. The van der Waals surface area contributed by atoms with E-state index in [0.717, 1.165) is 24.7 Å². The molecule has 1 heterocycles. The molecule has 0 radical (unpaired) electrons. The van der Waals surface area contributed by atoms with Crippen LogP contribution >= 0.6 is 15.9 Å². The standard InChI is InChI=1S/C13H21BrN2O2/c1-13(2,3)18-12(17)11-7-10-16(15-11)9-6-4-5-8-14/h7,10H,4-6,8-9H2,1-3H3. The monoisotopic (exact) mass is 316 g/mol. The normalized spacial score (nSPS) is 11.6. The zero-order valence-corrected chi connectivity index (χ0v) is 12.9. The lowest BCUT2D eigenvalue weighted by atomic mass is 10.2. The summed E-state index contributed by atoms with van der Waals surface area (Å²) in [4.78, 5) is 11.7. The Balaban J connectivity index is 2.45. The van der Waals surface area contributed by atoms with Crippen molar-refractivity contribution < 1.29 is 9.53 Å². The van der Waals surface area contributed by atoms with Crippen LogP contribution in [-0.4, -0.2) is 26.7 Å². The van der Waals surface area contributed by atoms with Crippen molar-refractivity contribution >= 4 is 21.9 Å². The van der Waals surface area contributed by atoms with Crippen LogP contribution in [0, 0.1) is 0 Å². The second-order valence-electron chi connectivity index (χ2n) is 5.22. The summed E-state index contributed by atoms with van der Waals surface area (Å²) in [7, 11) is 0. The summed E-state index contributed by atoms with van der Waals surface area (Å²) in [6.45, 7) is 6.39. The second-order valence-corrected chi connectivity index (χ2v) is 6.01. The molecule has 0 bridgehead atoms. The number of carbonyl (C=O) groups is 1. The van der Waals surface area contributed by atoms with Gasteiger partial charge in [-0.25, -0.2) is 4.79 Å². The van der Waals surface area contributed by atoms with Crippen molar-refractivity contribution in [2.24, 2.45) is 0 Å². The number of hydrogen-bond acceptors (Lipinski definition) is 3. The molecule has 0 saturated heterocycles. The van der Waals surface area contributed by atoms with Gasteiger partial charge in [-0.15, -0.1) is 0 Å². The molecule has 102 valence electrons. The first kappa shape index (κ1) is 15.2. The quantitative estimate of drug-likeness (QED) is 0.459. The lowest BCUT2D eigenvalue weighted by Crippen LogP contribution is -2.24. The van der Waals surface area contributed by atoms with E-state index in [1.807, 2.05) is 27.0 Å². The summed E-state index contributed by atoms with van der Waals surface area (Å²) in [5.41, 5.74) is -0.0954. The third-order valence-electron chi connectivity index (χ3n) is 2.27. The fourth-order valence-electron chi connectivity index (χ4n) is 1.47. The average molecular weight is 317 g/mol. The van der Waals surface area contributed by atoms with Crippen molar-refractivity contribution in [3.63, 3.8) is 0 Å². The van der Waals surface area contributed by atoms with E-state index in [1.165, 1.54) is 6.42 Å². The maximum atomic E-state index is 11.7. The fourth-order valence-corrected chi connectivity index (χ4v) is 1.87. The predicted molar refractivity (Wildman–Crippen MR) is 75.0 cm³/mol. The maximum Gasteiger partial charge on any atom is 0.359 e. The van der Waals surface area contributed by atoms with Gasteiger partial charge in [-0.2, -0.15) is 5.10 Å². The molecule has 0 aliphatic heterocycles. The van der Waals surface area contributed by atoms with E-state index in [-0.39, 0.29) is 5.97 Å². The number of aryl methyl sites for hydroxylation is 1. The number of carbonyl (C=O) groups excluding carboxylic acids is 1. The Hall–Kier alpha value is -0.840. The van der Waals surface area contributed by atoms with E-state index < -0.39 is 5.60 Å². The summed E-state index contributed by atoms with van der Waals surface area (Å²) in [5, 5.41) is 5.26. The minimum Gasteiger partial charge on any atom is -0.455 e. The van der Waals surface area contributed by atoms with Crippen LogP contribution in [0.4, 0.5) is 0 Å². The zero-order chi connectivity index (χ0) is 13.6. The van der Waals surface area contributed by atoms with Crippen molar-refractivity contribution in [1.82, 2.24) is 9.78 Å². The van der Waals surface area contributed by atoms with E-state index in [9.17, 15) is 4.79 Å². The fraction of sp³-hybridized carbons (Fsp3) is 0.692. The molecule has 18 heavy (non-hydrogen) atoms. The Morgan fingerprint density at radius 2 is 2.11 bits per heavy atom. The minimum absolute atomic E-state index is 0.360. The first-order valence-electron chi connectivity index (χ1n) is 6.25. The van der Waals surface area contributed by atoms with E-state index in [1.54, 1.807) is 10.7 Å². The molecule has 0 saturated carbocycles. The molecule has 1 rings (SSSR count). The maximum absolute atomic E-state index is 11.7. The number of hydrogen-bond donors (Lipinski definition) is 0. The molecule has 1 aromatic heterocycles. The average Bonchev–Trinajstić information content (AvgIpc) is 2.71. The van der Waals surface area contributed by atoms with Gasteiger partial charge in [0.1, 0.15) is 5.60 Å². The van der Waals surface area contributed by atoms with Gasteiger partial charge in [0, 0.05) is 18.1 Å². The molecule has 1 aromatic rings. The van der Waals surface area contributed by atoms with Crippen molar-refractivity contribution in [2.45, 2.75) is 52.2 Å². The molecule has 0 N–H and O–H groups in total. The Morgan fingerprint density at radius 1 is 1.39 bits per heavy atom. The number of nitrogens with zero attached hydrogens (tertiary/aromatic N) is 2. The summed E-state index contributed by atoms with van der Waals surface area (Å²) < 4.78 is 7.06. The number of esters is 1. The highest BCUT2D eigenvalue weighted by Crippen LogP contribution is 2.11. The number of aromatic nitrogens is 2. The Bertz CT molecular complexity index is 383. The van der Waals surface area contributed by atoms with Gasteiger partial charge in [0.05, 0.1) is 0 Å². The molecule has 0 atom stereocenters. The third-order valence-corrected chi connectivity index (χ3v) is 2.83. The molecule has 0 spiro atoms. The van der Waals surface area contributed by atoms with Gasteiger partial charge >= 0.3 is 5.97 Å². The first-order chi connectivity index (χ1) is 8.42. The van der Waals surface area contributed by atoms with E-state index in [0.29, 0.717) is 5.69 Å². The second kappa shape index (κ2) is 6.92. The van der Waals surface area contributed by atoms with Gasteiger partial charge in [0.15, 0.2) is 5.69 Å². The number of ether oxygens (including phenoxy) is 1. The lowest BCUT2D eigenvalue weighted by Gasteiger charge is -2.18. The Kier molecular flexibility index (Phi) is 5.85. The zero-order valence-electron chi connectivity index (χ0n) is 11.3. The number of halogens is 1. The predicted octanol–water partition coefficient (Wildman–Crippen LogP) is 3.40. The molecule has 5 heteroatoms. The molecule has 4 nitrogen and oxygen atoms in total. The summed E-state index contributed by atoms with van der Waals surface area (Å²) in [6, 6.07) is 1.71. The Morgan fingerprint density at radius 3 is 2.72 bits per heavy atom. The van der Waals surface area contributed by atoms with Crippen molar-refractivity contribution in [2.75, 3.05) is 5.33 Å². The van der Waals surface area contributed by atoms with E-state index >= 15 is 0 Å². The van der Waals surface area contributed by atoms with Gasteiger partial charge in [0.25, 0.3) is 0 Å². The molecule has 0 fully saturated rings. The Labute approximate surface area is 117 Å². The van der Waals surface area contributed by atoms with E-state index in [4.69, 9.17) is 4.74 Å². The van der Waals surface area contributed by atoms with Crippen LogP contribution in [0.1, 0.15) is 50.5 Å². The topological polar surface area (TPSA) is 44.1 Å². The van der Waals surface area contributed by atoms with Crippen LogP contribution in [0.25, 0.3) is 0 Å². The van der Waals surface area contributed by atoms with Gasteiger partial charge in [-0.3, -0.25) is 4.68 Å². The molecule has 0 unspecified atom stereocenters. The first-order valence-corrected chi connectivity index (χ1v) is 7.37. The van der Waals surface area contributed by atoms with Crippen LogP contribution in [0.2, 0.25) is 0 Å². The van der Waals surface area contributed by atoms with Crippen LogP contribution < -0.4 is 0 Å². The number of alkyl halides is 1. The lowest BCUT2D eigenvalue weighted by molar-refractivity contribution is 0.00619. The SMILES string of the molecule is CC(C)(C)OC(=O)c1ccn(CCCCCBr)n1. The molecular weight excluding hydrogens is 296 g/mol. The van der Waals surface area contributed by atoms with Gasteiger partial charge in [-0.05, 0) is 39.7 Å². The number of rotatable bonds is 6. The summed E-state index contributed by atoms with van der Waals surface area (Å²) in [5.74, 6) is -0.360. The minimum atomic E-state index is -0.475. The summed E-state index contributed by atoms with van der Waals surface area (Å²) in [6.07, 6.45) is 5.22. The van der Waals surface area contributed by atoms with Crippen molar-refractivity contribution in [1.29, 1.82) is 0 Å². The van der Waals surface area contributed by atoms with Gasteiger partial charge in [-0.1, -0.05) is 22.4 Å². The van der Waals surface area contributed by atoms with Crippen molar-refractivity contribution in [3.8, 4) is 0 Å². The molecular formula is C13H21BrN2O2. The largest absolute Gasteiger partial charge is 0.455 e. The molecule has 0 aromatic carbocycles. The van der Waals surface area contributed by atoms with Crippen LogP contribution in [0.5, 0.6) is 0 Å². The van der Waals surface area contributed by atoms with E-state index in [2.05, 4.69) is 21.0 Å². The molecule has 0 aliphatic carbocycles. The van der Waals surface area contributed by atoms with Gasteiger partial charge in [0.2, 0.25) is 0 Å². The highest BCUT2D eigenvalue weighted by molar-refractivity contribution is 9.09. The smallest absolute Gasteiger partial charge is 0.359 e. The molecule has 0 aliphatic rings. The van der Waals surface area contributed by atoms with Crippen LogP contribution in [0.15, 0.2) is 12.3 Å². The van der Waals surface area contributed by atoms with Crippen LogP contribution in [-0.2, 0) is 11.3 Å². The highest BCUT2D eigenvalue weighted by Gasteiger charge is 2.19. The van der Waals surface area contributed by atoms with Crippen molar-refractivity contribution in [3.05, 3.63) is 18.0 Å². The van der Waals surface area contributed by atoms with Gasteiger partial charge < -0.3 is 4.74 Å². The highest BCUT2D eigenvalue weighted by atomic mass is 79.9.